The van der Waals surface area contributed by atoms with Gasteiger partial charge >= 0.3 is 5.97 Å². The number of nitrogens with one attached hydrogen (secondary N) is 1. The number of carbonyl (C=O) groups is 2. The van der Waals surface area contributed by atoms with Crippen molar-refractivity contribution in [2.24, 2.45) is 0 Å². The van der Waals surface area contributed by atoms with Gasteiger partial charge in [-0.25, -0.2) is 4.79 Å². The molecule has 1 aromatic heterocycles. The maximum absolute atomic E-state index is 12.6. The fourth-order valence-electron chi connectivity index (χ4n) is 2.51. The number of aryl methyl sites for hydroxylation is 1. The third-order valence-corrected chi connectivity index (χ3v) is 5.82. The van der Waals surface area contributed by atoms with E-state index in [0.29, 0.717) is 5.56 Å². The number of hydrogen-bond donors (Lipinski definition) is 2. The van der Waals surface area contributed by atoms with Crippen LogP contribution in [0.4, 0.5) is 0 Å². The summed E-state index contributed by atoms with van der Waals surface area (Å²) in [4.78, 5) is 25.3. The molecule has 1 aliphatic rings. The van der Waals surface area contributed by atoms with Gasteiger partial charge in [-0.1, -0.05) is 30.3 Å². The van der Waals surface area contributed by atoms with Crippen LogP contribution in [0.2, 0.25) is 0 Å². The fraction of sp³-hybridized carbons (Fsp3) is 0.250. The molecule has 0 fully saturated rings. The van der Waals surface area contributed by atoms with Crippen molar-refractivity contribution < 1.29 is 14.7 Å². The standard InChI is InChI=1S/C16H15NO3S2/c18-15(14-11-6-8-21-12(11)7-9-22-14)17-13(16(19)20)10-4-2-1-3-5-10/h1-6,8,13-14H,7,9H2,(H,17,18)(H,19,20). The van der Waals surface area contributed by atoms with Crippen LogP contribution in [-0.4, -0.2) is 22.7 Å². The SMILES string of the molecule is O=C(O)C(NC(=O)C1SCCc2sccc21)c1ccccc1. The number of thiophene rings is 1. The Kier molecular flexibility index (Phi) is 4.49. The predicted octanol–water partition coefficient (Wildman–Crippen LogP) is 3.02. The van der Waals surface area contributed by atoms with Gasteiger partial charge in [0, 0.05) is 4.88 Å². The van der Waals surface area contributed by atoms with Crippen molar-refractivity contribution in [1.82, 2.24) is 5.32 Å². The minimum absolute atomic E-state index is 0.236. The normalized spacial score (nSPS) is 18.3. The lowest BCUT2D eigenvalue weighted by molar-refractivity contribution is -0.142. The number of rotatable bonds is 4. The summed E-state index contributed by atoms with van der Waals surface area (Å²) in [5.41, 5.74) is 1.60. The number of carbonyl (C=O) groups excluding carboxylic acids is 1. The van der Waals surface area contributed by atoms with E-state index in [0.717, 1.165) is 17.7 Å². The van der Waals surface area contributed by atoms with Gasteiger partial charge in [0.05, 0.1) is 0 Å². The van der Waals surface area contributed by atoms with Gasteiger partial charge in [0.1, 0.15) is 5.25 Å². The van der Waals surface area contributed by atoms with Gasteiger partial charge in [0.2, 0.25) is 5.91 Å². The van der Waals surface area contributed by atoms with Gasteiger partial charge in [0.25, 0.3) is 0 Å². The summed E-state index contributed by atoms with van der Waals surface area (Å²) in [7, 11) is 0. The summed E-state index contributed by atoms with van der Waals surface area (Å²) in [5.74, 6) is -0.402. The Morgan fingerprint density at radius 1 is 1.23 bits per heavy atom. The lowest BCUT2D eigenvalue weighted by atomic mass is 10.1. The van der Waals surface area contributed by atoms with E-state index in [1.807, 2.05) is 17.5 Å². The molecule has 2 unspecified atom stereocenters. The smallest absolute Gasteiger partial charge is 0.330 e. The van der Waals surface area contributed by atoms with E-state index in [-0.39, 0.29) is 11.2 Å². The average Bonchev–Trinajstić information content (AvgIpc) is 3.01. The molecule has 3 rings (SSSR count). The lowest BCUT2D eigenvalue weighted by Crippen LogP contribution is -2.37. The molecule has 0 saturated heterocycles. The Morgan fingerprint density at radius 3 is 2.73 bits per heavy atom. The van der Waals surface area contributed by atoms with Gasteiger partial charge in [-0.15, -0.1) is 23.1 Å². The van der Waals surface area contributed by atoms with Crippen LogP contribution in [0.1, 0.15) is 27.3 Å². The van der Waals surface area contributed by atoms with Crippen LogP contribution in [0, 0.1) is 0 Å². The topological polar surface area (TPSA) is 66.4 Å². The molecule has 2 N–H and O–H groups in total. The Labute approximate surface area is 136 Å². The summed E-state index contributed by atoms with van der Waals surface area (Å²) < 4.78 is 0. The number of thioether (sulfide) groups is 1. The number of aliphatic carboxylic acids is 1. The van der Waals surface area contributed by atoms with Crippen LogP contribution < -0.4 is 5.32 Å². The highest BCUT2D eigenvalue weighted by molar-refractivity contribution is 8.00. The molecule has 1 amide bonds. The van der Waals surface area contributed by atoms with Gasteiger partial charge < -0.3 is 10.4 Å². The molecule has 1 aromatic carbocycles. The second-order valence-corrected chi connectivity index (χ2v) is 7.20. The second-order valence-electron chi connectivity index (χ2n) is 4.99. The second kappa shape index (κ2) is 6.54. The van der Waals surface area contributed by atoms with E-state index < -0.39 is 12.0 Å². The highest BCUT2D eigenvalue weighted by atomic mass is 32.2. The largest absolute Gasteiger partial charge is 0.479 e. The molecule has 2 heterocycles. The molecule has 0 bridgehead atoms. The maximum atomic E-state index is 12.6. The molecular formula is C16H15NO3S2. The van der Waals surface area contributed by atoms with Crippen molar-refractivity contribution in [1.29, 1.82) is 0 Å². The molecule has 0 spiro atoms. The van der Waals surface area contributed by atoms with Crippen LogP contribution in [0.15, 0.2) is 41.8 Å². The lowest BCUT2D eigenvalue weighted by Gasteiger charge is -2.23. The number of hydrogen-bond acceptors (Lipinski definition) is 4. The van der Waals surface area contributed by atoms with E-state index in [1.165, 1.54) is 4.88 Å². The summed E-state index contributed by atoms with van der Waals surface area (Å²) in [6.45, 7) is 0. The summed E-state index contributed by atoms with van der Waals surface area (Å²) in [6, 6.07) is 9.73. The van der Waals surface area contributed by atoms with Crippen molar-refractivity contribution in [3.8, 4) is 0 Å². The highest BCUT2D eigenvalue weighted by Gasteiger charge is 2.31. The first-order valence-electron chi connectivity index (χ1n) is 6.93. The Balaban J connectivity index is 1.80. The molecule has 4 nitrogen and oxygen atoms in total. The summed E-state index contributed by atoms with van der Waals surface area (Å²) in [6.07, 6.45) is 0.975. The monoisotopic (exact) mass is 333 g/mol. The first-order valence-corrected chi connectivity index (χ1v) is 8.85. The van der Waals surface area contributed by atoms with E-state index in [9.17, 15) is 14.7 Å². The van der Waals surface area contributed by atoms with Crippen LogP contribution in [0.5, 0.6) is 0 Å². The van der Waals surface area contributed by atoms with Crippen molar-refractivity contribution in [3.63, 3.8) is 0 Å². The molecule has 0 aliphatic carbocycles. The molecule has 2 aromatic rings. The number of fused-ring (bicyclic) bond motifs is 1. The highest BCUT2D eigenvalue weighted by Crippen LogP contribution is 2.39. The Morgan fingerprint density at radius 2 is 2.00 bits per heavy atom. The van der Waals surface area contributed by atoms with Gasteiger partial charge in [-0.3, -0.25) is 4.79 Å². The third kappa shape index (κ3) is 3.03. The number of benzene rings is 1. The zero-order chi connectivity index (χ0) is 15.5. The van der Waals surface area contributed by atoms with E-state index >= 15 is 0 Å². The van der Waals surface area contributed by atoms with Crippen molar-refractivity contribution in [2.75, 3.05) is 5.75 Å². The van der Waals surface area contributed by atoms with Crippen LogP contribution in [0.3, 0.4) is 0 Å². The zero-order valence-corrected chi connectivity index (χ0v) is 13.3. The van der Waals surface area contributed by atoms with Crippen LogP contribution >= 0.6 is 23.1 Å². The Bertz CT molecular complexity index is 684. The number of carboxylic acids is 1. The molecule has 114 valence electrons. The van der Waals surface area contributed by atoms with Crippen molar-refractivity contribution in [3.05, 3.63) is 57.8 Å². The van der Waals surface area contributed by atoms with Crippen molar-refractivity contribution in [2.45, 2.75) is 17.7 Å². The minimum atomic E-state index is -1.05. The van der Waals surface area contributed by atoms with Crippen molar-refractivity contribution >= 4 is 35.0 Å². The number of amides is 1. The van der Waals surface area contributed by atoms with Crippen LogP contribution in [-0.2, 0) is 16.0 Å². The first-order chi connectivity index (χ1) is 10.7. The van der Waals surface area contributed by atoms with Gasteiger partial charge in [-0.05, 0) is 34.7 Å². The van der Waals surface area contributed by atoms with E-state index in [4.69, 9.17) is 0 Å². The summed E-state index contributed by atoms with van der Waals surface area (Å²) in [5, 5.41) is 13.8. The quantitative estimate of drug-likeness (QED) is 0.902. The maximum Gasteiger partial charge on any atom is 0.330 e. The zero-order valence-electron chi connectivity index (χ0n) is 11.7. The molecular weight excluding hydrogens is 318 g/mol. The van der Waals surface area contributed by atoms with Gasteiger partial charge in [-0.2, -0.15) is 0 Å². The summed E-state index contributed by atoms with van der Waals surface area (Å²) >= 11 is 3.23. The van der Waals surface area contributed by atoms with E-state index in [1.54, 1.807) is 47.4 Å². The van der Waals surface area contributed by atoms with Crippen LogP contribution in [0.25, 0.3) is 0 Å². The van der Waals surface area contributed by atoms with Gasteiger partial charge in [0.15, 0.2) is 6.04 Å². The number of carboxylic acid groups (broad SMARTS) is 1. The first kappa shape index (κ1) is 15.1. The molecule has 0 radical (unpaired) electrons. The average molecular weight is 333 g/mol. The molecule has 0 saturated carbocycles. The molecule has 1 aliphatic heterocycles. The molecule has 6 heteroatoms. The molecule has 22 heavy (non-hydrogen) atoms. The minimum Gasteiger partial charge on any atom is -0.479 e. The Hall–Kier alpha value is -1.79. The fourth-order valence-corrected chi connectivity index (χ4v) is 4.82. The third-order valence-electron chi connectivity index (χ3n) is 3.58. The van der Waals surface area contributed by atoms with E-state index in [2.05, 4.69) is 5.32 Å². The molecule has 2 atom stereocenters. The predicted molar refractivity (Wildman–Crippen MR) is 88.2 cm³/mol.